The smallest absolute Gasteiger partial charge is 0.0642 e. The van der Waals surface area contributed by atoms with Gasteiger partial charge in [0.1, 0.15) is 0 Å². The van der Waals surface area contributed by atoms with Gasteiger partial charge in [-0.1, -0.05) is 26.7 Å². The van der Waals surface area contributed by atoms with Gasteiger partial charge in [0.15, 0.2) is 0 Å². The molecule has 1 aliphatic rings. The number of aryl methyl sites for hydroxylation is 1. The van der Waals surface area contributed by atoms with Crippen LogP contribution in [-0.2, 0) is 13.5 Å². The monoisotopic (exact) mass is 235 g/mol. The maximum Gasteiger partial charge on any atom is 0.0642 e. The Bertz CT molecular complexity index is 369. The Morgan fingerprint density at radius 1 is 1.59 bits per heavy atom. The Morgan fingerprint density at radius 2 is 2.35 bits per heavy atom. The molecule has 0 aliphatic heterocycles. The van der Waals surface area contributed by atoms with Crippen LogP contribution in [0.3, 0.4) is 0 Å². The van der Waals surface area contributed by atoms with Crippen molar-refractivity contribution < 1.29 is 0 Å². The van der Waals surface area contributed by atoms with Gasteiger partial charge in [0, 0.05) is 25.2 Å². The SMILES string of the molecule is CC(C)C1CCCC(N)(Cc2ccn(C)n2)C1. The summed E-state index contributed by atoms with van der Waals surface area (Å²) in [6.07, 6.45) is 7.84. The molecule has 0 spiro atoms. The van der Waals surface area contributed by atoms with Crippen LogP contribution in [0.5, 0.6) is 0 Å². The third-order valence-electron chi connectivity index (χ3n) is 4.16. The van der Waals surface area contributed by atoms with Crippen LogP contribution < -0.4 is 5.73 Å². The summed E-state index contributed by atoms with van der Waals surface area (Å²) in [6, 6.07) is 2.09. The molecule has 17 heavy (non-hydrogen) atoms. The number of aromatic nitrogens is 2. The molecular weight excluding hydrogens is 210 g/mol. The van der Waals surface area contributed by atoms with Gasteiger partial charge in [-0.25, -0.2) is 0 Å². The zero-order chi connectivity index (χ0) is 12.5. The number of rotatable bonds is 3. The first kappa shape index (κ1) is 12.6. The molecule has 1 fully saturated rings. The molecule has 96 valence electrons. The molecule has 1 aromatic rings. The third-order valence-corrected chi connectivity index (χ3v) is 4.16. The summed E-state index contributed by atoms with van der Waals surface area (Å²) < 4.78 is 1.86. The molecule has 0 saturated heterocycles. The van der Waals surface area contributed by atoms with Gasteiger partial charge in [-0.05, 0) is 30.7 Å². The van der Waals surface area contributed by atoms with E-state index < -0.39 is 0 Å². The molecule has 2 atom stereocenters. The van der Waals surface area contributed by atoms with E-state index in [1.807, 2.05) is 17.9 Å². The van der Waals surface area contributed by atoms with E-state index in [2.05, 4.69) is 25.0 Å². The Hall–Kier alpha value is -0.830. The molecule has 1 heterocycles. The second kappa shape index (κ2) is 4.81. The van der Waals surface area contributed by atoms with Crippen molar-refractivity contribution in [1.29, 1.82) is 0 Å². The van der Waals surface area contributed by atoms with Crippen LogP contribution in [0.15, 0.2) is 12.3 Å². The van der Waals surface area contributed by atoms with E-state index in [4.69, 9.17) is 5.73 Å². The van der Waals surface area contributed by atoms with Crippen molar-refractivity contribution in [3.05, 3.63) is 18.0 Å². The highest BCUT2D eigenvalue weighted by molar-refractivity contribution is 5.07. The van der Waals surface area contributed by atoms with Gasteiger partial charge in [0.25, 0.3) is 0 Å². The Labute approximate surface area is 104 Å². The summed E-state index contributed by atoms with van der Waals surface area (Å²) >= 11 is 0. The average Bonchev–Trinajstić information content (AvgIpc) is 2.63. The quantitative estimate of drug-likeness (QED) is 0.875. The summed E-state index contributed by atoms with van der Waals surface area (Å²) in [5.41, 5.74) is 7.69. The van der Waals surface area contributed by atoms with E-state index in [9.17, 15) is 0 Å². The number of nitrogens with zero attached hydrogens (tertiary/aromatic N) is 2. The average molecular weight is 235 g/mol. The van der Waals surface area contributed by atoms with E-state index in [0.717, 1.165) is 36.8 Å². The zero-order valence-electron chi connectivity index (χ0n) is 11.3. The van der Waals surface area contributed by atoms with Crippen LogP contribution in [0.4, 0.5) is 0 Å². The van der Waals surface area contributed by atoms with Crippen LogP contribution in [0.2, 0.25) is 0 Å². The lowest BCUT2D eigenvalue weighted by molar-refractivity contribution is 0.181. The van der Waals surface area contributed by atoms with Crippen molar-refractivity contribution in [2.45, 2.75) is 51.5 Å². The minimum atomic E-state index is -0.0262. The molecule has 1 saturated carbocycles. The second-order valence-electron chi connectivity index (χ2n) is 6.12. The number of nitrogens with two attached hydrogens (primary N) is 1. The first-order valence-electron chi connectivity index (χ1n) is 6.76. The normalized spacial score (nSPS) is 29.8. The largest absolute Gasteiger partial charge is 0.325 e. The van der Waals surface area contributed by atoms with Gasteiger partial charge in [-0.15, -0.1) is 0 Å². The highest BCUT2D eigenvalue weighted by atomic mass is 15.2. The number of hydrogen-bond acceptors (Lipinski definition) is 2. The molecular formula is C14H25N3. The predicted octanol–water partition coefficient (Wildman–Crippen LogP) is 2.51. The summed E-state index contributed by atoms with van der Waals surface area (Å²) in [5, 5.41) is 4.46. The second-order valence-corrected chi connectivity index (χ2v) is 6.12. The highest BCUT2D eigenvalue weighted by Crippen LogP contribution is 2.36. The van der Waals surface area contributed by atoms with Crippen LogP contribution in [0.25, 0.3) is 0 Å². The van der Waals surface area contributed by atoms with Crippen molar-refractivity contribution in [2.75, 3.05) is 0 Å². The van der Waals surface area contributed by atoms with Crippen LogP contribution in [0, 0.1) is 11.8 Å². The fraction of sp³-hybridized carbons (Fsp3) is 0.786. The molecule has 1 aromatic heterocycles. The Kier molecular flexibility index (Phi) is 3.57. The van der Waals surface area contributed by atoms with Gasteiger partial charge >= 0.3 is 0 Å². The fourth-order valence-corrected chi connectivity index (χ4v) is 3.09. The van der Waals surface area contributed by atoms with Crippen molar-refractivity contribution in [3.63, 3.8) is 0 Å². The lowest BCUT2D eigenvalue weighted by atomic mass is 9.70. The van der Waals surface area contributed by atoms with Crippen molar-refractivity contribution in [3.8, 4) is 0 Å². The first-order chi connectivity index (χ1) is 7.98. The van der Waals surface area contributed by atoms with E-state index in [0.29, 0.717) is 0 Å². The third kappa shape index (κ3) is 3.09. The molecule has 3 nitrogen and oxygen atoms in total. The summed E-state index contributed by atoms with van der Waals surface area (Å²) in [5.74, 6) is 1.54. The molecule has 0 bridgehead atoms. The predicted molar refractivity (Wildman–Crippen MR) is 70.6 cm³/mol. The van der Waals surface area contributed by atoms with Crippen molar-refractivity contribution in [2.24, 2.45) is 24.6 Å². The number of hydrogen-bond donors (Lipinski definition) is 1. The van der Waals surface area contributed by atoms with Crippen molar-refractivity contribution in [1.82, 2.24) is 9.78 Å². The molecule has 0 aromatic carbocycles. The molecule has 2 unspecified atom stereocenters. The molecule has 2 N–H and O–H groups in total. The summed E-state index contributed by atoms with van der Waals surface area (Å²) in [4.78, 5) is 0. The van der Waals surface area contributed by atoms with E-state index in [1.54, 1.807) is 0 Å². The maximum absolute atomic E-state index is 6.58. The minimum absolute atomic E-state index is 0.0262. The molecule has 0 radical (unpaired) electrons. The Balaban J connectivity index is 2.03. The maximum atomic E-state index is 6.58. The summed E-state index contributed by atoms with van der Waals surface area (Å²) in [7, 11) is 1.96. The van der Waals surface area contributed by atoms with Gasteiger partial charge in [0.2, 0.25) is 0 Å². The topological polar surface area (TPSA) is 43.8 Å². The van der Waals surface area contributed by atoms with Gasteiger partial charge in [-0.3, -0.25) is 4.68 Å². The lowest BCUT2D eigenvalue weighted by Gasteiger charge is -2.39. The van der Waals surface area contributed by atoms with Crippen molar-refractivity contribution >= 4 is 0 Å². The fourth-order valence-electron chi connectivity index (χ4n) is 3.09. The first-order valence-corrected chi connectivity index (χ1v) is 6.76. The Morgan fingerprint density at radius 3 is 2.94 bits per heavy atom. The van der Waals surface area contributed by atoms with E-state index >= 15 is 0 Å². The molecule has 0 amide bonds. The van der Waals surface area contributed by atoms with Crippen LogP contribution in [0.1, 0.15) is 45.2 Å². The van der Waals surface area contributed by atoms with E-state index in [-0.39, 0.29) is 5.54 Å². The van der Waals surface area contributed by atoms with Gasteiger partial charge < -0.3 is 5.73 Å². The molecule has 3 heteroatoms. The molecule has 2 rings (SSSR count). The van der Waals surface area contributed by atoms with E-state index in [1.165, 1.54) is 12.8 Å². The van der Waals surface area contributed by atoms with Crippen LogP contribution >= 0.6 is 0 Å². The lowest BCUT2D eigenvalue weighted by Crippen LogP contribution is -2.47. The standard InChI is InChI=1S/C14H25N3/c1-11(2)12-5-4-7-14(15,9-12)10-13-6-8-17(3)16-13/h6,8,11-12H,4-5,7,9-10,15H2,1-3H3. The van der Waals surface area contributed by atoms with Gasteiger partial charge in [-0.2, -0.15) is 5.10 Å². The zero-order valence-corrected chi connectivity index (χ0v) is 11.3. The molecule has 1 aliphatic carbocycles. The van der Waals surface area contributed by atoms with Gasteiger partial charge in [0.05, 0.1) is 5.69 Å². The van der Waals surface area contributed by atoms with Crippen LogP contribution in [-0.4, -0.2) is 15.3 Å². The highest BCUT2D eigenvalue weighted by Gasteiger charge is 2.34. The minimum Gasteiger partial charge on any atom is -0.325 e. The summed E-state index contributed by atoms with van der Waals surface area (Å²) in [6.45, 7) is 4.63.